The number of aromatic nitrogens is 2. The number of nitrogens with one attached hydrogen (secondary N) is 2. The summed E-state index contributed by atoms with van der Waals surface area (Å²) in [5.74, 6) is 1.51. The molecule has 134 valence electrons. The summed E-state index contributed by atoms with van der Waals surface area (Å²) in [6.07, 6.45) is 6.74. The van der Waals surface area contributed by atoms with Gasteiger partial charge in [-0.05, 0) is 32.3 Å². The molecule has 2 N–H and O–H groups in total. The van der Waals surface area contributed by atoms with Crippen LogP contribution in [-0.4, -0.2) is 47.6 Å². The summed E-state index contributed by atoms with van der Waals surface area (Å²) in [5, 5.41) is 11.4. The Labute approximate surface area is 145 Å². The van der Waals surface area contributed by atoms with Gasteiger partial charge in [0.05, 0.1) is 25.4 Å². The summed E-state index contributed by atoms with van der Waals surface area (Å²) >= 11 is 0. The Morgan fingerprint density at radius 1 is 1.50 bits per heavy atom. The van der Waals surface area contributed by atoms with Gasteiger partial charge in [0.15, 0.2) is 5.96 Å². The van der Waals surface area contributed by atoms with Gasteiger partial charge in [-0.25, -0.2) is 0 Å². The normalized spacial score (nSPS) is 28.8. The Hall–Kier alpha value is -1.56. The van der Waals surface area contributed by atoms with Crippen LogP contribution >= 0.6 is 0 Å². The van der Waals surface area contributed by atoms with Gasteiger partial charge < -0.3 is 15.4 Å². The summed E-state index contributed by atoms with van der Waals surface area (Å²) < 4.78 is 7.94. The molecule has 0 aromatic carbocycles. The van der Waals surface area contributed by atoms with E-state index in [0.717, 1.165) is 25.7 Å². The molecule has 1 aromatic heterocycles. The van der Waals surface area contributed by atoms with Gasteiger partial charge in [-0.1, -0.05) is 13.8 Å². The highest BCUT2D eigenvalue weighted by Gasteiger charge is 2.58. The molecule has 6 nitrogen and oxygen atoms in total. The summed E-state index contributed by atoms with van der Waals surface area (Å²) in [4.78, 5) is 4.74. The largest absolute Gasteiger partial charge is 0.377 e. The molecule has 24 heavy (non-hydrogen) atoms. The van der Waals surface area contributed by atoms with Gasteiger partial charge in [-0.15, -0.1) is 0 Å². The molecule has 1 aliphatic heterocycles. The first kappa shape index (κ1) is 17.3. The van der Waals surface area contributed by atoms with E-state index in [0.29, 0.717) is 24.6 Å². The maximum Gasteiger partial charge on any atom is 0.191 e. The zero-order valence-electron chi connectivity index (χ0n) is 15.4. The van der Waals surface area contributed by atoms with E-state index in [1.54, 1.807) is 0 Å². The predicted octanol–water partition coefficient (Wildman–Crippen LogP) is 1.95. The molecule has 0 bridgehead atoms. The van der Waals surface area contributed by atoms with Crippen molar-refractivity contribution in [3.8, 4) is 0 Å². The van der Waals surface area contributed by atoms with Crippen molar-refractivity contribution in [3.05, 3.63) is 18.0 Å². The molecular formula is C18H31N5O. The molecule has 3 rings (SSSR count). The Bertz CT molecular complexity index is 580. The van der Waals surface area contributed by atoms with E-state index in [-0.39, 0.29) is 5.41 Å². The zero-order chi connectivity index (χ0) is 17.2. The fraction of sp³-hybridized carbons (Fsp3) is 0.778. The van der Waals surface area contributed by atoms with Crippen LogP contribution in [0.15, 0.2) is 17.4 Å². The van der Waals surface area contributed by atoms with Crippen molar-refractivity contribution in [2.24, 2.45) is 16.3 Å². The van der Waals surface area contributed by atoms with Crippen molar-refractivity contribution < 1.29 is 4.74 Å². The lowest BCUT2D eigenvalue weighted by Crippen LogP contribution is -2.71. The van der Waals surface area contributed by atoms with E-state index in [9.17, 15) is 0 Å². The number of aryl methyl sites for hydroxylation is 1. The molecular weight excluding hydrogens is 302 g/mol. The number of rotatable bonds is 5. The van der Waals surface area contributed by atoms with E-state index in [2.05, 4.69) is 49.6 Å². The summed E-state index contributed by atoms with van der Waals surface area (Å²) in [6, 6.07) is 0.424. The smallest absolute Gasteiger partial charge is 0.191 e. The minimum Gasteiger partial charge on any atom is -0.377 e. The summed E-state index contributed by atoms with van der Waals surface area (Å²) in [7, 11) is 0. The van der Waals surface area contributed by atoms with E-state index in [1.807, 2.05) is 10.9 Å². The fourth-order valence-electron chi connectivity index (χ4n) is 4.14. The summed E-state index contributed by atoms with van der Waals surface area (Å²) in [6.45, 7) is 12.0. The van der Waals surface area contributed by atoms with Gasteiger partial charge in [0.1, 0.15) is 0 Å². The van der Waals surface area contributed by atoms with Gasteiger partial charge in [0.25, 0.3) is 0 Å². The highest BCUT2D eigenvalue weighted by Crippen LogP contribution is 2.51. The number of hydrogen-bond acceptors (Lipinski definition) is 3. The average Bonchev–Trinajstić information content (AvgIpc) is 2.98. The van der Waals surface area contributed by atoms with Crippen LogP contribution in [0.5, 0.6) is 0 Å². The SMILES string of the molecule is CCNC(=NCCn1cc(C)cn1)NC1C2CCCOC2C1(C)C. The molecule has 1 aliphatic carbocycles. The predicted molar refractivity (Wildman–Crippen MR) is 96.1 cm³/mol. The molecule has 0 spiro atoms. The van der Waals surface area contributed by atoms with Crippen molar-refractivity contribution in [1.82, 2.24) is 20.4 Å². The summed E-state index contributed by atoms with van der Waals surface area (Å²) in [5.41, 5.74) is 1.34. The number of nitrogens with zero attached hydrogens (tertiary/aromatic N) is 3. The molecule has 2 aliphatic rings. The zero-order valence-corrected chi connectivity index (χ0v) is 15.4. The van der Waals surface area contributed by atoms with E-state index in [4.69, 9.17) is 9.73 Å². The van der Waals surface area contributed by atoms with Crippen molar-refractivity contribution in [2.75, 3.05) is 19.7 Å². The number of fused-ring (bicyclic) bond motifs is 1. The Kier molecular flexibility index (Phi) is 5.13. The van der Waals surface area contributed by atoms with Gasteiger partial charge in [0, 0.05) is 36.7 Å². The maximum atomic E-state index is 5.99. The standard InChI is InChI=1S/C18H31N5O/c1-5-19-17(20-8-9-23-12-13(2)11-21-23)22-15-14-7-6-10-24-16(14)18(15,3)4/h11-12,14-16H,5-10H2,1-4H3,(H2,19,20,22). The molecule has 0 radical (unpaired) electrons. The quantitative estimate of drug-likeness (QED) is 0.639. The Balaban J connectivity index is 1.59. The molecule has 3 atom stereocenters. The lowest BCUT2D eigenvalue weighted by molar-refractivity contribution is -0.188. The van der Waals surface area contributed by atoms with Gasteiger partial charge in [-0.2, -0.15) is 5.10 Å². The van der Waals surface area contributed by atoms with Crippen LogP contribution in [0.3, 0.4) is 0 Å². The van der Waals surface area contributed by atoms with Crippen LogP contribution in [0, 0.1) is 18.3 Å². The monoisotopic (exact) mass is 333 g/mol. The van der Waals surface area contributed by atoms with E-state index in [1.165, 1.54) is 18.4 Å². The van der Waals surface area contributed by atoms with Crippen molar-refractivity contribution >= 4 is 5.96 Å². The molecule has 2 fully saturated rings. The van der Waals surface area contributed by atoms with Gasteiger partial charge in [-0.3, -0.25) is 9.67 Å². The highest BCUT2D eigenvalue weighted by molar-refractivity contribution is 5.80. The third-order valence-electron chi connectivity index (χ3n) is 5.33. The van der Waals surface area contributed by atoms with Gasteiger partial charge in [0.2, 0.25) is 0 Å². The molecule has 2 heterocycles. The second-order valence-electron chi connectivity index (χ2n) is 7.58. The average molecular weight is 333 g/mol. The maximum absolute atomic E-state index is 5.99. The number of hydrogen-bond donors (Lipinski definition) is 2. The Morgan fingerprint density at radius 3 is 3.04 bits per heavy atom. The highest BCUT2D eigenvalue weighted by atomic mass is 16.5. The van der Waals surface area contributed by atoms with Crippen LogP contribution in [0.4, 0.5) is 0 Å². The second kappa shape index (κ2) is 7.13. The lowest BCUT2D eigenvalue weighted by Gasteiger charge is -2.60. The third-order valence-corrected chi connectivity index (χ3v) is 5.33. The van der Waals surface area contributed by atoms with Crippen molar-refractivity contribution in [3.63, 3.8) is 0 Å². The number of ether oxygens (including phenoxy) is 1. The third kappa shape index (κ3) is 3.43. The first-order valence-electron chi connectivity index (χ1n) is 9.18. The number of guanidine groups is 1. The van der Waals surface area contributed by atoms with Crippen molar-refractivity contribution in [2.45, 2.75) is 59.2 Å². The molecule has 3 unspecified atom stereocenters. The van der Waals surface area contributed by atoms with E-state index >= 15 is 0 Å². The fourth-order valence-corrected chi connectivity index (χ4v) is 4.14. The van der Waals surface area contributed by atoms with E-state index < -0.39 is 0 Å². The minimum absolute atomic E-state index is 0.153. The second-order valence-corrected chi connectivity index (χ2v) is 7.58. The molecule has 1 aromatic rings. The van der Waals surface area contributed by atoms with Crippen LogP contribution in [0.2, 0.25) is 0 Å². The van der Waals surface area contributed by atoms with Crippen LogP contribution in [0.1, 0.15) is 39.2 Å². The van der Waals surface area contributed by atoms with Crippen LogP contribution in [0.25, 0.3) is 0 Å². The van der Waals surface area contributed by atoms with Crippen molar-refractivity contribution in [1.29, 1.82) is 0 Å². The molecule has 1 saturated heterocycles. The Morgan fingerprint density at radius 2 is 2.33 bits per heavy atom. The first-order chi connectivity index (χ1) is 11.5. The molecule has 1 saturated carbocycles. The lowest BCUT2D eigenvalue weighted by atomic mass is 9.55. The number of aliphatic imine (C=N–C) groups is 1. The van der Waals surface area contributed by atoms with Crippen LogP contribution < -0.4 is 10.6 Å². The minimum atomic E-state index is 0.153. The molecule has 0 amide bonds. The first-order valence-corrected chi connectivity index (χ1v) is 9.18. The molecule has 6 heteroatoms. The van der Waals surface area contributed by atoms with Crippen LogP contribution in [-0.2, 0) is 11.3 Å². The topological polar surface area (TPSA) is 63.5 Å². The van der Waals surface area contributed by atoms with Gasteiger partial charge >= 0.3 is 0 Å².